The maximum atomic E-state index is 11.7. The highest BCUT2D eigenvalue weighted by Gasteiger charge is 2.27. The zero-order valence-corrected chi connectivity index (χ0v) is 19.9. The molecule has 1 aromatic heterocycles. The highest BCUT2D eigenvalue weighted by atomic mass is 79.9. The zero-order valence-electron chi connectivity index (χ0n) is 17.5. The molecule has 1 saturated carbocycles. The molecule has 0 radical (unpaired) electrons. The number of carbonyl (C=O) groups is 1. The van der Waals surface area contributed by atoms with Crippen LogP contribution in [0.1, 0.15) is 31.4 Å². The number of ether oxygens (including phenoxy) is 2. The van der Waals surface area contributed by atoms with Crippen molar-refractivity contribution in [3.05, 3.63) is 39.6 Å². The van der Waals surface area contributed by atoms with E-state index in [1.54, 1.807) is 13.3 Å². The lowest BCUT2D eigenvalue weighted by Gasteiger charge is -2.30. The number of nitrogens with zero attached hydrogens (tertiary/aromatic N) is 3. The molecule has 0 unspecified atom stereocenters. The summed E-state index contributed by atoms with van der Waals surface area (Å²) >= 11 is 9.85. The van der Waals surface area contributed by atoms with Gasteiger partial charge in [0.15, 0.2) is 0 Å². The number of hydrogen-bond donors (Lipinski definition) is 0. The molecule has 30 heavy (non-hydrogen) atoms. The van der Waals surface area contributed by atoms with Crippen molar-refractivity contribution in [3.8, 4) is 17.1 Å². The first-order valence-corrected chi connectivity index (χ1v) is 11.2. The number of carbonyl (C=O) groups excluding carboxylic acids is 1. The van der Waals surface area contributed by atoms with Gasteiger partial charge in [-0.05, 0) is 60.6 Å². The van der Waals surface area contributed by atoms with E-state index >= 15 is 0 Å². The second kappa shape index (κ2) is 10.6. The van der Waals surface area contributed by atoms with Gasteiger partial charge in [0.25, 0.3) is 0 Å². The summed E-state index contributed by atoms with van der Waals surface area (Å²) in [5.41, 5.74) is 2.27. The molecule has 0 bridgehead atoms. The molecule has 8 heteroatoms. The van der Waals surface area contributed by atoms with Crippen LogP contribution in [0, 0.1) is 11.8 Å². The molecule has 2 aromatic rings. The fraction of sp³-hybridized carbons (Fsp3) is 0.500. The molecule has 0 atom stereocenters. The summed E-state index contributed by atoms with van der Waals surface area (Å²) in [6, 6.07) is 5.71. The minimum Gasteiger partial charge on any atom is -0.480 e. The first-order valence-electron chi connectivity index (χ1n) is 10.0. The van der Waals surface area contributed by atoms with E-state index in [-0.39, 0.29) is 11.9 Å². The van der Waals surface area contributed by atoms with Crippen LogP contribution in [-0.2, 0) is 16.1 Å². The summed E-state index contributed by atoms with van der Waals surface area (Å²) in [4.78, 5) is 23.2. The van der Waals surface area contributed by atoms with Crippen molar-refractivity contribution in [2.75, 3.05) is 27.8 Å². The molecule has 6 nitrogen and oxygen atoms in total. The van der Waals surface area contributed by atoms with Crippen molar-refractivity contribution in [1.29, 1.82) is 0 Å². The van der Waals surface area contributed by atoms with Gasteiger partial charge in [0.05, 0.1) is 37.1 Å². The quantitative estimate of drug-likeness (QED) is 0.504. The van der Waals surface area contributed by atoms with Gasteiger partial charge in [-0.2, -0.15) is 0 Å². The van der Waals surface area contributed by atoms with Crippen LogP contribution in [0.4, 0.5) is 0 Å². The molecule has 0 saturated heterocycles. The van der Waals surface area contributed by atoms with Gasteiger partial charge >= 0.3 is 5.97 Å². The Kier molecular flexibility index (Phi) is 8.08. The third-order valence-corrected chi connectivity index (χ3v) is 6.90. The van der Waals surface area contributed by atoms with Gasteiger partial charge in [-0.3, -0.25) is 9.78 Å². The molecule has 0 amide bonds. The molecular weight excluding hydrogens is 470 g/mol. The maximum Gasteiger partial charge on any atom is 0.308 e. The van der Waals surface area contributed by atoms with E-state index in [2.05, 4.69) is 37.8 Å². The normalized spacial score (nSPS) is 19.0. The third kappa shape index (κ3) is 5.50. The van der Waals surface area contributed by atoms with Crippen molar-refractivity contribution in [1.82, 2.24) is 14.9 Å². The van der Waals surface area contributed by atoms with Crippen LogP contribution in [0.15, 0.2) is 28.9 Å². The molecular formula is C22H27BrClN3O3. The Morgan fingerprint density at radius 1 is 1.27 bits per heavy atom. The average molecular weight is 497 g/mol. The van der Waals surface area contributed by atoms with Crippen LogP contribution in [0.2, 0.25) is 5.02 Å². The molecule has 162 valence electrons. The van der Waals surface area contributed by atoms with Gasteiger partial charge < -0.3 is 14.4 Å². The van der Waals surface area contributed by atoms with Crippen LogP contribution >= 0.6 is 27.5 Å². The van der Waals surface area contributed by atoms with Gasteiger partial charge in [0.1, 0.15) is 5.69 Å². The lowest BCUT2D eigenvalue weighted by atomic mass is 9.82. The highest BCUT2D eigenvalue weighted by Crippen LogP contribution is 2.34. The van der Waals surface area contributed by atoms with Gasteiger partial charge in [-0.15, -0.1) is 0 Å². The van der Waals surface area contributed by atoms with E-state index in [4.69, 9.17) is 21.1 Å². The van der Waals surface area contributed by atoms with Crippen LogP contribution in [0.5, 0.6) is 5.88 Å². The van der Waals surface area contributed by atoms with E-state index in [1.165, 1.54) is 7.11 Å². The molecule has 0 N–H and O–H groups in total. The van der Waals surface area contributed by atoms with Gasteiger partial charge in [0, 0.05) is 23.1 Å². The topological polar surface area (TPSA) is 64.5 Å². The van der Waals surface area contributed by atoms with Crippen LogP contribution in [-0.4, -0.2) is 48.6 Å². The molecule has 1 aliphatic rings. The monoisotopic (exact) mass is 495 g/mol. The zero-order chi connectivity index (χ0) is 21.7. The average Bonchev–Trinajstić information content (AvgIpc) is 2.76. The molecule has 1 fully saturated rings. The molecule has 1 aliphatic carbocycles. The summed E-state index contributed by atoms with van der Waals surface area (Å²) in [6.45, 7) is 1.58. The lowest BCUT2D eigenvalue weighted by Crippen LogP contribution is -2.30. The van der Waals surface area contributed by atoms with E-state index in [9.17, 15) is 4.79 Å². The van der Waals surface area contributed by atoms with Crippen molar-refractivity contribution < 1.29 is 14.3 Å². The summed E-state index contributed by atoms with van der Waals surface area (Å²) in [5.74, 6) is 1.05. The number of rotatable bonds is 7. The molecule has 3 rings (SSSR count). The molecule has 1 heterocycles. The Bertz CT molecular complexity index is 888. The summed E-state index contributed by atoms with van der Waals surface area (Å²) in [5, 5.41) is 0.598. The first-order chi connectivity index (χ1) is 14.4. The second-order valence-corrected chi connectivity index (χ2v) is 8.98. The van der Waals surface area contributed by atoms with Crippen molar-refractivity contribution in [2.24, 2.45) is 11.8 Å². The number of hydrogen-bond acceptors (Lipinski definition) is 6. The largest absolute Gasteiger partial charge is 0.480 e. The molecule has 1 aromatic carbocycles. The molecule has 0 spiro atoms. The summed E-state index contributed by atoms with van der Waals surface area (Å²) in [6.07, 6.45) is 5.61. The van der Waals surface area contributed by atoms with E-state index < -0.39 is 0 Å². The Hall–Kier alpha value is -1.70. The number of methoxy groups -OCH3 is 2. The molecule has 0 aliphatic heterocycles. The number of aromatic nitrogens is 2. The van der Waals surface area contributed by atoms with Crippen LogP contribution in [0.25, 0.3) is 11.3 Å². The van der Waals surface area contributed by atoms with Crippen molar-refractivity contribution in [3.63, 3.8) is 0 Å². The van der Waals surface area contributed by atoms with Crippen LogP contribution in [0.3, 0.4) is 0 Å². The van der Waals surface area contributed by atoms with Crippen LogP contribution < -0.4 is 4.74 Å². The fourth-order valence-electron chi connectivity index (χ4n) is 4.01. The third-order valence-electron chi connectivity index (χ3n) is 5.60. The minimum absolute atomic E-state index is 0.0555. The maximum absolute atomic E-state index is 11.7. The SMILES string of the molecule is COC(=O)C1CCC(CN(C)Cc2ncc(-c3cccc(Br)c3Cl)nc2OC)CC1. The fourth-order valence-corrected chi connectivity index (χ4v) is 4.60. The van der Waals surface area contributed by atoms with Gasteiger partial charge in [-0.1, -0.05) is 23.7 Å². The number of halogens is 2. The number of esters is 1. The highest BCUT2D eigenvalue weighted by molar-refractivity contribution is 9.10. The van der Waals surface area contributed by atoms with E-state index in [1.807, 2.05) is 18.2 Å². The smallest absolute Gasteiger partial charge is 0.308 e. The standard InChI is InChI=1S/C22H27BrClN3O3/c1-27(12-14-7-9-15(10-8-14)22(28)30-3)13-19-21(29-2)26-18(11-25-19)16-5-4-6-17(23)20(16)24/h4-6,11,14-15H,7-10,12-13H2,1-3H3. The predicted molar refractivity (Wildman–Crippen MR) is 121 cm³/mol. The minimum atomic E-state index is -0.0764. The Morgan fingerprint density at radius 3 is 2.67 bits per heavy atom. The first kappa shape index (κ1) is 23.0. The van der Waals surface area contributed by atoms with Crippen molar-refractivity contribution >= 4 is 33.5 Å². The van der Waals surface area contributed by atoms with Gasteiger partial charge in [0.2, 0.25) is 5.88 Å². The predicted octanol–water partition coefficient (Wildman–Crippen LogP) is 4.98. The Labute approximate surface area is 191 Å². The lowest BCUT2D eigenvalue weighted by molar-refractivity contribution is -0.146. The summed E-state index contributed by atoms with van der Waals surface area (Å²) in [7, 11) is 5.15. The number of benzene rings is 1. The van der Waals surface area contributed by atoms with Crippen molar-refractivity contribution in [2.45, 2.75) is 32.2 Å². The Balaban J connectivity index is 1.64. The Morgan fingerprint density at radius 2 is 2.00 bits per heavy atom. The van der Waals surface area contributed by atoms with E-state index in [0.29, 0.717) is 29.1 Å². The van der Waals surface area contributed by atoms with Gasteiger partial charge in [-0.25, -0.2) is 4.98 Å². The van der Waals surface area contributed by atoms with E-state index in [0.717, 1.165) is 48.0 Å². The summed E-state index contributed by atoms with van der Waals surface area (Å²) < 4.78 is 11.2. The second-order valence-electron chi connectivity index (χ2n) is 7.75.